The molecule has 0 bridgehead atoms. The van der Waals surface area contributed by atoms with Gasteiger partial charge in [-0.25, -0.2) is 4.98 Å². The number of pyridine rings is 1. The quantitative estimate of drug-likeness (QED) is 0.150. The Kier molecular flexibility index (Phi) is 9.14. The number of Topliss-reactive ketones (excluding diaryl/α,β-unsaturated/α-hetero) is 1. The van der Waals surface area contributed by atoms with Crippen LogP contribution in [0.25, 0.3) is 5.57 Å². The van der Waals surface area contributed by atoms with E-state index in [0.29, 0.717) is 28.3 Å². The number of phenolic OH excluding ortho intramolecular Hbond substituents is 1. The van der Waals surface area contributed by atoms with Crippen molar-refractivity contribution in [2.75, 3.05) is 18.7 Å². The number of imide groups is 1. The Morgan fingerprint density at radius 1 is 0.946 bits per heavy atom. The van der Waals surface area contributed by atoms with Gasteiger partial charge in [0, 0.05) is 24.5 Å². The van der Waals surface area contributed by atoms with Crippen LogP contribution in [0.2, 0.25) is 5.02 Å². The largest absolute Gasteiger partial charge is 0.504 e. The van der Waals surface area contributed by atoms with E-state index in [1.54, 1.807) is 61.5 Å². The van der Waals surface area contributed by atoms with Crippen molar-refractivity contribution in [1.29, 1.82) is 0 Å². The number of aromatic nitrogens is 1. The summed E-state index contributed by atoms with van der Waals surface area (Å²) >= 11 is 6.32. The third-order valence-electron chi connectivity index (χ3n) is 11.7. The fraction of sp³-hybridized carbons (Fsp3) is 0.279. The molecule has 9 nitrogen and oxygen atoms in total. The van der Waals surface area contributed by atoms with Gasteiger partial charge in [-0.1, -0.05) is 90.0 Å². The van der Waals surface area contributed by atoms with Gasteiger partial charge in [0.25, 0.3) is 11.8 Å². The number of phenols is 1. The van der Waals surface area contributed by atoms with Crippen LogP contribution in [0.4, 0.5) is 19.0 Å². The molecule has 286 valence electrons. The second-order valence-electron chi connectivity index (χ2n) is 14.5. The van der Waals surface area contributed by atoms with Crippen molar-refractivity contribution in [3.05, 3.63) is 136 Å². The molecule has 2 amide bonds. The van der Waals surface area contributed by atoms with Gasteiger partial charge in [-0.15, -0.1) is 0 Å². The molecule has 4 aliphatic rings. The van der Waals surface area contributed by atoms with Crippen molar-refractivity contribution in [2.45, 2.75) is 37.3 Å². The number of hydrogen-bond donors (Lipinski definition) is 1. The lowest BCUT2D eigenvalue weighted by atomic mass is 9.44. The van der Waals surface area contributed by atoms with Gasteiger partial charge in [-0.05, 0) is 72.7 Å². The van der Waals surface area contributed by atoms with Gasteiger partial charge in [-0.3, -0.25) is 24.2 Å². The van der Waals surface area contributed by atoms with Crippen LogP contribution in [-0.2, 0) is 30.8 Å². The lowest BCUT2D eigenvalue weighted by Gasteiger charge is -2.55. The zero-order chi connectivity index (χ0) is 39.7. The summed E-state index contributed by atoms with van der Waals surface area (Å²) in [6.45, 7) is 2.00. The van der Waals surface area contributed by atoms with Crippen LogP contribution in [0.15, 0.2) is 109 Å². The molecule has 56 heavy (non-hydrogen) atoms. The van der Waals surface area contributed by atoms with E-state index < -0.39 is 64.5 Å². The second-order valence-corrected chi connectivity index (χ2v) is 14.9. The summed E-state index contributed by atoms with van der Waals surface area (Å²) in [6.07, 6.45) is -1.45. The minimum Gasteiger partial charge on any atom is -0.504 e. The zero-order valence-electron chi connectivity index (χ0n) is 30.2. The number of carbonyl (C=O) groups excluding carboxylic acids is 4. The number of halogens is 4. The molecule has 2 heterocycles. The van der Waals surface area contributed by atoms with Crippen LogP contribution in [-0.4, -0.2) is 52.1 Å². The van der Waals surface area contributed by atoms with Crippen LogP contribution in [0, 0.1) is 23.7 Å². The Balaban J connectivity index is 1.31. The molecule has 13 heteroatoms. The summed E-state index contributed by atoms with van der Waals surface area (Å²) in [6, 6.07) is 24.4. The number of alkyl halides is 3. The molecule has 3 aliphatic carbocycles. The average molecular weight is 782 g/mol. The number of allylic oxidation sites excluding steroid dienone is 4. The molecule has 0 spiro atoms. The Morgan fingerprint density at radius 3 is 2.32 bits per heavy atom. The summed E-state index contributed by atoms with van der Waals surface area (Å²) in [5, 5.41) is 12.3. The fourth-order valence-electron chi connectivity index (χ4n) is 9.42. The fourth-order valence-corrected chi connectivity index (χ4v) is 9.65. The van der Waals surface area contributed by atoms with Crippen molar-refractivity contribution in [3.8, 4) is 11.5 Å². The molecule has 1 saturated carbocycles. The number of ether oxygens (including phenoxy) is 1. The number of rotatable bonds is 7. The standard InChI is InChI=1S/C43H35ClF3N3O6/c1-3-56-33-20-24(14-18-32(33)51)37-26-15-16-27-36(41(55)50(40(27)54)49(2)39-31(44)17-19-34(48-39)43(45,46)47)29(26)21-30-38(53)28(23-10-6-4-7-11-23)22-35(52)42(30,37)25-12-8-5-9-13-25/h4-15,17-20,22,27,29-30,36-37,51H,3,16,21H2,1-2H3. The molecule has 6 atom stereocenters. The molecule has 4 aromatic rings. The van der Waals surface area contributed by atoms with Gasteiger partial charge in [0.05, 0.1) is 28.9 Å². The first-order valence-corrected chi connectivity index (χ1v) is 18.6. The van der Waals surface area contributed by atoms with E-state index in [1.165, 1.54) is 19.2 Å². The molecule has 0 radical (unpaired) electrons. The minimum absolute atomic E-state index is 0.0165. The Bertz CT molecular complexity index is 2350. The number of amides is 2. The maximum Gasteiger partial charge on any atom is 0.433 e. The number of aromatic hydroxyl groups is 1. The van der Waals surface area contributed by atoms with Gasteiger partial charge in [-0.2, -0.15) is 18.2 Å². The highest BCUT2D eigenvalue weighted by Gasteiger charge is 2.66. The lowest BCUT2D eigenvalue weighted by molar-refractivity contribution is -0.141. The van der Waals surface area contributed by atoms with E-state index in [4.69, 9.17) is 16.3 Å². The number of nitrogens with zero attached hydrogens (tertiary/aromatic N) is 3. The Labute approximate surface area is 325 Å². The van der Waals surface area contributed by atoms with Gasteiger partial charge in [0.2, 0.25) is 0 Å². The summed E-state index contributed by atoms with van der Waals surface area (Å²) < 4.78 is 46.9. The molecule has 3 aromatic carbocycles. The number of ketones is 2. The molecule has 1 aliphatic heterocycles. The summed E-state index contributed by atoms with van der Waals surface area (Å²) in [4.78, 5) is 62.9. The van der Waals surface area contributed by atoms with Crippen molar-refractivity contribution in [2.24, 2.45) is 23.7 Å². The van der Waals surface area contributed by atoms with Crippen molar-refractivity contribution >= 4 is 46.4 Å². The first-order chi connectivity index (χ1) is 26.8. The highest BCUT2D eigenvalue weighted by atomic mass is 35.5. The van der Waals surface area contributed by atoms with Crippen LogP contribution in [0.3, 0.4) is 0 Å². The number of carbonyl (C=O) groups is 4. The smallest absolute Gasteiger partial charge is 0.433 e. The van der Waals surface area contributed by atoms with E-state index >= 15 is 9.59 Å². The molecule has 6 unspecified atom stereocenters. The topological polar surface area (TPSA) is 117 Å². The highest BCUT2D eigenvalue weighted by molar-refractivity contribution is 6.33. The number of benzene rings is 3. The van der Waals surface area contributed by atoms with Gasteiger partial charge < -0.3 is 9.84 Å². The van der Waals surface area contributed by atoms with Crippen LogP contribution < -0.4 is 9.75 Å². The van der Waals surface area contributed by atoms with Crippen LogP contribution >= 0.6 is 11.6 Å². The molecule has 1 aromatic heterocycles. The van der Waals surface area contributed by atoms with E-state index in [-0.39, 0.29) is 53.1 Å². The van der Waals surface area contributed by atoms with Crippen molar-refractivity contribution in [3.63, 3.8) is 0 Å². The number of hydrogen-bond acceptors (Lipinski definition) is 8. The molecular formula is C43H35ClF3N3O6. The number of hydrazine groups is 1. The monoisotopic (exact) mass is 781 g/mol. The normalized spacial score (nSPS) is 25.9. The van der Waals surface area contributed by atoms with Gasteiger partial charge in [0.15, 0.2) is 28.9 Å². The maximum absolute atomic E-state index is 15.2. The summed E-state index contributed by atoms with van der Waals surface area (Å²) in [7, 11) is 1.26. The van der Waals surface area contributed by atoms with Crippen LogP contribution in [0.1, 0.15) is 48.1 Å². The molecule has 1 N–H and O–H groups in total. The minimum atomic E-state index is -4.82. The van der Waals surface area contributed by atoms with Crippen molar-refractivity contribution < 1.29 is 42.2 Å². The van der Waals surface area contributed by atoms with E-state index in [0.717, 1.165) is 16.1 Å². The zero-order valence-corrected chi connectivity index (χ0v) is 30.9. The second kappa shape index (κ2) is 13.8. The number of fused-ring (bicyclic) bond motifs is 4. The van der Waals surface area contributed by atoms with Gasteiger partial charge in [0.1, 0.15) is 5.69 Å². The predicted molar refractivity (Wildman–Crippen MR) is 200 cm³/mol. The molecule has 8 rings (SSSR count). The molecule has 1 saturated heterocycles. The number of anilines is 1. The molecule has 2 fully saturated rings. The first kappa shape index (κ1) is 37.2. The Morgan fingerprint density at radius 2 is 1.64 bits per heavy atom. The predicted octanol–water partition coefficient (Wildman–Crippen LogP) is 7.73. The Hall–Kier alpha value is -5.75. The SMILES string of the molecule is CCOc1cc(C2C3=CCC4C(=O)N(N(C)c5nc(C(F)(F)F)ccc5Cl)C(=O)C4C3CC3C(=O)C(c4ccccc4)=CC(=O)C32c2ccccc2)ccc1O. The van der Waals surface area contributed by atoms with E-state index in [2.05, 4.69) is 4.98 Å². The summed E-state index contributed by atoms with van der Waals surface area (Å²) in [5.41, 5.74) is -0.170. The molecular weight excluding hydrogens is 747 g/mol. The van der Waals surface area contributed by atoms with Gasteiger partial charge >= 0.3 is 6.18 Å². The average Bonchev–Trinajstić information content (AvgIpc) is 3.45. The third-order valence-corrected chi connectivity index (χ3v) is 12.0. The van der Waals surface area contributed by atoms with E-state index in [1.807, 2.05) is 24.3 Å². The first-order valence-electron chi connectivity index (χ1n) is 18.2. The van der Waals surface area contributed by atoms with Crippen LogP contribution in [0.5, 0.6) is 11.5 Å². The van der Waals surface area contributed by atoms with Crippen molar-refractivity contribution in [1.82, 2.24) is 9.99 Å². The van der Waals surface area contributed by atoms with E-state index in [9.17, 15) is 27.9 Å². The highest BCUT2D eigenvalue weighted by Crippen LogP contribution is 2.64. The summed E-state index contributed by atoms with van der Waals surface area (Å²) in [5.74, 6) is -6.95. The third kappa shape index (κ3) is 5.64. The lowest BCUT2D eigenvalue weighted by Crippen LogP contribution is -2.59. The maximum atomic E-state index is 15.2.